The summed E-state index contributed by atoms with van der Waals surface area (Å²) in [5.74, 6) is 0.820. The Bertz CT molecular complexity index is 113. The molecule has 0 heterocycles. The third-order valence-electron chi connectivity index (χ3n) is 2.59. The van der Waals surface area contributed by atoms with Gasteiger partial charge in [-0.15, -0.1) is 6.58 Å². The van der Waals surface area contributed by atoms with Gasteiger partial charge in [-0.3, -0.25) is 0 Å². The molecule has 0 spiro atoms. The zero-order valence-electron chi connectivity index (χ0n) is 8.48. The average molecular weight is 154 g/mol. The van der Waals surface area contributed by atoms with E-state index in [1.165, 1.54) is 19.3 Å². The smallest absolute Gasteiger partial charge is 0.0152 e. The van der Waals surface area contributed by atoms with Gasteiger partial charge in [0.1, 0.15) is 0 Å². The van der Waals surface area contributed by atoms with E-state index in [9.17, 15) is 0 Å². The highest BCUT2D eigenvalue weighted by Gasteiger charge is 2.17. The van der Waals surface area contributed by atoms with Crippen molar-refractivity contribution < 1.29 is 0 Å². The van der Waals surface area contributed by atoms with Gasteiger partial charge in [-0.05, 0) is 24.2 Å². The summed E-state index contributed by atoms with van der Waals surface area (Å²) in [5.41, 5.74) is 0.379. The van der Waals surface area contributed by atoms with Crippen LogP contribution >= 0.6 is 0 Å². The van der Waals surface area contributed by atoms with E-state index < -0.39 is 0 Å². The van der Waals surface area contributed by atoms with Crippen LogP contribution in [0.2, 0.25) is 0 Å². The summed E-state index contributed by atoms with van der Waals surface area (Å²) in [6.07, 6.45) is 5.92. The van der Waals surface area contributed by atoms with Gasteiger partial charge in [0.25, 0.3) is 0 Å². The van der Waals surface area contributed by atoms with Crippen LogP contribution in [0.3, 0.4) is 0 Å². The standard InChI is InChI=1S/C11H22/c1-6-11(5,7-2)9-8-10(3)4/h6,10H,1,7-9H2,2-5H3. The first-order chi connectivity index (χ1) is 5.04. The quantitative estimate of drug-likeness (QED) is 0.524. The monoisotopic (exact) mass is 154 g/mol. The summed E-state index contributed by atoms with van der Waals surface area (Å²) in [7, 11) is 0. The molecule has 66 valence electrons. The molecule has 0 rings (SSSR count). The second-order valence-corrected chi connectivity index (χ2v) is 4.14. The van der Waals surface area contributed by atoms with Crippen molar-refractivity contribution in [2.45, 2.75) is 47.0 Å². The van der Waals surface area contributed by atoms with Gasteiger partial charge in [0, 0.05) is 0 Å². The Morgan fingerprint density at radius 3 is 2.27 bits per heavy atom. The van der Waals surface area contributed by atoms with E-state index in [-0.39, 0.29) is 0 Å². The van der Waals surface area contributed by atoms with E-state index in [1.54, 1.807) is 0 Å². The van der Waals surface area contributed by atoms with Gasteiger partial charge in [0.2, 0.25) is 0 Å². The fourth-order valence-corrected chi connectivity index (χ4v) is 1.04. The highest BCUT2D eigenvalue weighted by atomic mass is 14.2. The van der Waals surface area contributed by atoms with Crippen molar-refractivity contribution in [1.29, 1.82) is 0 Å². The molecule has 0 nitrogen and oxygen atoms in total. The van der Waals surface area contributed by atoms with Crippen LogP contribution < -0.4 is 0 Å². The third-order valence-corrected chi connectivity index (χ3v) is 2.59. The maximum atomic E-state index is 3.88. The molecule has 0 aliphatic carbocycles. The summed E-state index contributed by atoms with van der Waals surface area (Å²) in [5, 5.41) is 0. The van der Waals surface area contributed by atoms with E-state index in [2.05, 4.69) is 40.3 Å². The summed E-state index contributed by atoms with van der Waals surface area (Å²) in [6, 6.07) is 0. The molecule has 11 heavy (non-hydrogen) atoms. The number of allylic oxidation sites excluding steroid dienone is 1. The normalized spacial score (nSPS) is 16.5. The van der Waals surface area contributed by atoms with Crippen molar-refractivity contribution in [2.75, 3.05) is 0 Å². The Balaban J connectivity index is 3.78. The zero-order valence-corrected chi connectivity index (χ0v) is 8.48. The van der Waals surface area contributed by atoms with Gasteiger partial charge < -0.3 is 0 Å². The van der Waals surface area contributed by atoms with Crippen LogP contribution in [0.5, 0.6) is 0 Å². The average Bonchev–Trinajstić information content (AvgIpc) is 2.00. The molecule has 0 radical (unpaired) electrons. The Morgan fingerprint density at radius 2 is 2.00 bits per heavy atom. The lowest BCUT2D eigenvalue weighted by molar-refractivity contribution is 0.340. The number of hydrogen-bond acceptors (Lipinski definition) is 0. The van der Waals surface area contributed by atoms with Crippen LogP contribution in [0.15, 0.2) is 12.7 Å². The summed E-state index contributed by atoms with van der Waals surface area (Å²) in [6.45, 7) is 13.0. The summed E-state index contributed by atoms with van der Waals surface area (Å²) >= 11 is 0. The Morgan fingerprint density at radius 1 is 1.45 bits per heavy atom. The van der Waals surface area contributed by atoms with E-state index >= 15 is 0 Å². The van der Waals surface area contributed by atoms with Crippen molar-refractivity contribution in [3.63, 3.8) is 0 Å². The van der Waals surface area contributed by atoms with Crippen molar-refractivity contribution >= 4 is 0 Å². The first-order valence-electron chi connectivity index (χ1n) is 4.67. The molecule has 0 aromatic rings. The second-order valence-electron chi connectivity index (χ2n) is 4.14. The van der Waals surface area contributed by atoms with E-state index in [0.717, 1.165) is 5.92 Å². The highest BCUT2D eigenvalue weighted by molar-refractivity contribution is 4.90. The SMILES string of the molecule is C=CC(C)(CC)CCC(C)C. The highest BCUT2D eigenvalue weighted by Crippen LogP contribution is 2.29. The first kappa shape index (κ1) is 10.7. The van der Waals surface area contributed by atoms with E-state index in [4.69, 9.17) is 0 Å². The fraction of sp³-hybridized carbons (Fsp3) is 0.818. The molecule has 0 fully saturated rings. The molecule has 1 atom stereocenters. The molecule has 0 aromatic heterocycles. The first-order valence-corrected chi connectivity index (χ1v) is 4.67. The Labute approximate surface area is 71.7 Å². The van der Waals surface area contributed by atoms with Gasteiger partial charge in [-0.1, -0.05) is 40.2 Å². The molecule has 1 unspecified atom stereocenters. The third kappa shape index (κ3) is 4.23. The maximum Gasteiger partial charge on any atom is -0.0152 e. The summed E-state index contributed by atoms with van der Waals surface area (Å²) in [4.78, 5) is 0. The van der Waals surface area contributed by atoms with Crippen molar-refractivity contribution in [3.8, 4) is 0 Å². The minimum Gasteiger partial charge on any atom is -0.103 e. The van der Waals surface area contributed by atoms with Crippen molar-refractivity contribution in [1.82, 2.24) is 0 Å². The van der Waals surface area contributed by atoms with Crippen molar-refractivity contribution in [2.24, 2.45) is 11.3 Å². The molecule has 0 aliphatic heterocycles. The topological polar surface area (TPSA) is 0 Å². The van der Waals surface area contributed by atoms with Crippen molar-refractivity contribution in [3.05, 3.63) is 12.7 Å². The molecule has 0 N–H and O–H groups in total. The molecule has 0 bridgehead atoms. The second kappa shape index (κ2) is 4.58. The van der Waals surface area contributed by atoms with E-state index in [0.29, 0.717) is 5.41 Å². The zero-order chi connectivity index (χ0) is 8.91. The molecule has 0 amide bonds. The lowest BCUT2D eigenvalue weighted by Gasteiger charge is -2.24. The van der Waals surface area contributed by atoms with Crippen LogP contribution in [0.4, 0.5) is 0 Å². The minimum atomic E-state index is 0.379. The number of rotatable bonds is 5. The molecular weight excluding hydrogens is 132 g/mol. The van der Waals surface area contributed by atoms with Crippen LogP contribution in [0, 0.1) is 11.3 Å². The van der Waals surface area contributed by atoms with Gasteiger partial charge >= 0.3 is 0 Å². The molecular formula is C11H22. The molecule has 0 aromatic carbocycles. The molecule has 0 saturated heterocycles. The lowest BCUT2D eigenvalue weighted by atomic mass is 9.81. The Kier molecular flexibility index (Phi) is 4.48. The van der Waals surface area contributed by atoms with Crippen LogP contribution in [0.1, 0.15) is 47.0 Å². The van der Waals surface area contributed by atoms with Gasteiger partial charge in [-0.2, -0.15) is 0 Å². The lowest BCUT2D eigenvalue weighted by Crippen LogP contribution is -2.12. The van der Waals surface area contributed by atoms with Gasteiger partial charge in [0.05, 0.1) is 0 Å². The number of hydrogen-bond donors (Lipinski definition) is 0. The predicted octanol–water partition coefficient (Wildman–Crippen LogP) is 4.02. The Hall–Kier alpha value is -0.260. The van der Waals surface area contributed by atoms with E-state index in [1.807, 2.05) is 0 Å². The molecule has 0 heteroatoms. The van der Waals surface area contributed by atoms with Crippen LogP contribution in [-0.4, -0.2) is 0 Å². The largest absolute Gasteiger partial charge is 0.103 e. The van der Waals surface area contributed by atoms with Gasteiger partial charge in [0.15, 0.2) is 0 Å². The van der Waals surface area contributed by atoms with Crippen LogP contribution in [0.25, 0.3) is 0 Å². The fourth-order valence-electron chi connectivity index (χ4n) is 1.04. The predicted molar refractivity (Wildman–Crippen MR) is 52.7 cm³/mol. The summed E-state index contributed by atoms with van der Waals surface area (Å²) < 4.78 is 0. The van der Waals surface area contributed by atoms with Crippen LogP contribution in [-0.2, 0) is 0 Å². The molecule has 0 saturated carbocycles. The maximum absolute atomic E-state index is 3.88. The van der Waals surface area contributed by atoms with Gasteiger partial charge in [-0.25, -0.2) is 0 Å². The minimum absolute atomic E-state index is 0.379. The molecule has 0 aliphatic rings.